The minimum absolute atomic E-state index is 0.219. The van der Waals surface area contributed by atoms with Crippen molar-refractivity contribution in [1.82, 2.24) is 10.2 Å². The first-order valence-corrected chi connectivity index (χ1v) is 13.6. The molecule has 0 spiro atoms. The summed E-state index contributed by atoms with van der Waals surface area (Å²) in [6.07, 6.45) is 2.87. The van der Waals surface area contributed by atoms with E-state index in [4.69, 9.17) is 0 Å². The molecule has 0 aliphatic rings. The molecule has 7 nitrogen and oxygen atoms in total. The molecule has 1 unspecified atom stereocenters. The molecule has 0 saturated carbocycles. The predicted octanol–water partition coefficient (Wildman–Crippen LogP) is 3.45. The fourth-order valence-corrected chi connectivity index (χ4v) is 4.80. The van der Waals surface area contributed by atoms with Gasteiger partial charge in [0.2, 0.25) is 21.8 Å². The molecule has 2 aromatic carbocycles. The Labute approximate surface area is 204 Å². The van der Waals surface area contributed by atoms with E-state index in [2.05, 4.69) is 5.32 Å². The number of nitrogens with zero attached hydrogens (tertiary/aromatic N) is 2. The third kappa shape index (κ3) is 7.87. The number of carbonyl (C=O) groups is 2. The van der Waals surface area contributed by atoms with E-state index in [9.17, 15) is 18.0 Å². The molecule has 34 heavy (non-hydrogen) atoms. The molecule has 0 aromatic heterocycles. The Balaban J connectivity index is 2.37. The van der Waals surface area contributed by atoms with Crippen LogP contribution >= 0.6 is 0 Å². The van der Waals surface area contributed by atoms with Gasteiger partial charge in [-0.25, -0.2) is 8.42 Å². The van der Waals surface area contributed by atoms with E-state index in [-0.39, 0.29) is 12.5 Å². The quantitative estimate of drug-likeness (QED) is 0.497. The maximum Gasteiger partial charge on any atom is 0.244 e. The maximum atomic E-state index is 13.6. The summed E-state index contributed by atoms with van der Waals surface area (Å²) in [5.41, 5.74) is 3.29. The van der Waals surface area contributed by atoms with Crippen molar-refractivity contribution in [3.05, 3.63) is 65.2 Å². The summed E-state index contributed by atoms with van der Waals surface area (Å²) in [4.78, 5) is 28.0. The second-order valence-corrected chi connectivity index (χ2v) is 10.6. The molecule has 8 heteroatoms. The highest BCUT2D eigenvalue weighted by Crippen LogP contribution is 2.22. The largest absolute Gasteiger partial charge is 0.354 e. The van der Waals surface area contributed by atoms with Gasteiger partial charge in [-0.05, 0) is 61.9 Å². The molecule has 0 radical (unpaired) electrons. The third-order valence-corrected chi connectivity index (χ3v) is 6.73. The minimum Gasteiger partial charge on any atom is -0.354 e. The lowest BCUT2D eigenvalue weighted by molar-refractivity contribution is -0.139. The number of nitrogens with one attached hydrogen (secondary N) is 1. The van der Waals surface area contributed by atoms with Crippen molar-refractivity contribution < 1.29 is 18.0 Å². The van der Waals surface area contributed by atoms with Crippen LogP contribution in [-0.4, -0.2) is 57.1 Å². The summed E-state index contributed by atoms with van der Waals surface area (Å²) < 4.78 is 26.5. The lowest BCUT2D eigenvalue weighted by atomic mass is 10.1. The Morgan fingerprint density at radius 2 is 1.62 bits per heavy atom. The summed E-state index contributed by atoms with van der Waals surface area (Å²) >= 11 is 0. The third-order valence-electron chi connectivity index (χ3n) is 5.59. The second kappa shape index (κ2) is 12.6. The predicted molar refractivity (Wildman–Crippen MR) is 137 cm³/mol. The van der Waals surface area contributed by atoms with Gasteiger partial charge in [-0.1, -0.05) is 50.2 Å². The molecule has 0 saturated heterocycles. The van der Waals surface area contributed by atoms with E-state index in [0.29, 0.717) is 31.6 Å². The average molecular weight is 488 g/mol. The fraction of sp³-hybridized carbons (Fsp3) is 0.462. The molecule has 0 aliphatic heterocycles. The van der Waals surface area contributed by atoms with Gasteiger partial charge in [0.15, 0.2) is 0 Å². The maximum absolute atomic E-state index is 13.6. The van der Waals surface area contributed by atoms with Gasteiger partial charge in [0.1, 0.15) is 12.6 Å². The molecule has 2 rings (SSSR count). The van der Waals surface area contributed by atoms with Crippen LogP contribution in [0.3, 0.4) is 0 Å². The summed E-state index contributed by atoms with van der Waals surface area (Å²) in [5.74, 6) is -0.623. The highest BCUT2D eigenvalue weighted by Gasteiger charge is 2.31. The number of benzene rings is 2. The zero-order chi connectivity index (χ0) is 25.3. The van der Waals surface area contributed by atoms with Gasteiger partial charge >= 0.3 is 0 Å². The molecule has 186 valence electrons. The van der Waals surface area contributed by atoms with Crippen LogP contribution in [0.4, 0.5) is 5.69 Å². The summed E-state index contributed by atoms with van der Waals surface area (Å²) in [6.45, 7) is 8.06. The van der Waals surface area contributed by atoms with Gasteiger partial charge in [0.25, 0.3) is 0 Å². The minimum atomic E-state index is -3.73. The summed E-state index contributed by atoms with van der Waals surface area (Å²) in [6, 6.07) is 14.5. The van der Waals surface area contributed by atoms with Gasteiger partial charge < -0.3 is 10.2 Å². The van der Waals surface area contributed by atoms with Gasteiger partial charge in [-0.2, -0.15) is 0 Å². The summed E-state index contributed by atoms with van der Waals surface area (Å²) in [5, 5.41) is 2.88. The number of aryl methyl sites for hydroxylation is 2. The van der Waals surface area contributed by atoms with Crippen LogP contribution in [0.25, 0.3) is 0 Å². The topological polar surface area (TPSA) is 86.8 Å². The van der Waals surface area contributed by atoms with Crippen LogP contribution in [-0.2, 0) is 26.0 Å². The number of amides is 2. The standard InChI is InChI=1S/C26H37N3O4S/c1-6-14-27-26(31)24(7-2)28(15-13-22-11-9-8-10-12-22)25(30)19-29(34(5,32)33)23-17-20(3)16-21(4)18-23/h8-12,16-18,24H,6-7,13-15,19H2,1-5H3,(H,27,31). The van der Waals surface area contributed by atoms with E-state index in [1.165, 1.54) is 4.90 Å². The molecule has 0 fully saturated rings. The highest BCUT2D eigenvalue weighted by molar-refractivity contribution is 7.92. The van der Waals surface area contributed by atoms with E-state index in [1.54, 1.807) is 12.1 Å². The van der Waals surface area contributed by atoms with Crippen LogP contribution in [0.15, 0.2) is 48.5 Å². The van der Waals surface area contributed by atoms with Crippen LogP contribution in [0.5, 0.6) is 0 Å². The van der Waals surface area contributed by atoms with Crippen molar-refractivity contribution in [3.8, 4) is 0 Å². The molecule has 0 heterocycles. The number of rotatable bonds is 12. The number of anilines is 1. The molecular formula is C26H37N3O4S. The molecule has 2 aromatic rings. The van der Waals surface area contributed by atoms with Gasteiger partial charge in [-0.3, -0.25) is 13.9 Å². The number of hydrogen-bond donors (Lipinski definition) is 1. The van der Waals surface area contributed by atoms with Crippen molar-refractivity contribution in [3.63, 3.8) is 0 Å². The Bertz CT molecular complexity index is 1050. The van der Waals surface area contributed by atoms with E-state index < -0.39 is 22.0 Å². The number of carbonyl (C=O) groups excluding carboxylic acids is 2. The first kappa shape index (κ1) is 27.4. The van der Waals surface area contributed by atoms with Crippen LogP contribution < -0.4 is 9.62 Å². The smallest absolute Gasteiger partial charge is 0.244 e. The Morgan fingerprint density at radius 1 is 1.00 bits per heavy atom. The van der Waals surface area contributed by atoms with Crippen molar-refractivity contribution >= 4 is 27.5 Å². The van der Waals surface area contributed by atoms with E-state index in [1.807, 2.05) is 64.1 Å². The Hall–Kier alpha value is -2.87. The Morgan fingerprint density at radius 3 is 2.15 bits per heavy atom. The van der Waals surface area contributed by atoms with E-state index >= 15 is 0 Å². The van der Waals surface area contributed by atoms with Crippen LogP contribution in [0, 0.1) is 13.8 Å². The highest BCUT2D eigenvalue weighted by atomic mass is 32.2. The normalized spacial score (nSPS) is 12.1. The van der Waals surface area contributed by atoms with Crippen LogP contribution in [0.2, 0.25) is 0 Å². The van der Waals surface area contributed by atoms with Crippen molar-refractivity contribution in [2.24, 2.45) is 0 Å². The second-order valence-electron chi connectivity index (χ2n) is 8.65. The van der Waals surface area contributed by atoms with Crippen molar-refractivity contribution in [2.75, 3.05) is 30.2 Å². The first-order chi connectivity index (χ1) is 16.1. The SMILES string of the molecule is CCCNC(=O)C(CC)N(CCc1ccccc1)C(=O)CN(c1cc(C)cc(C)c1)S(C)(=O)=O. The molecular weight excluding hydrogens is 450 g/mol. The molecule has 1 atom stereocenters. The zero-order valence-corrected chi connectivity index (χ0v) is 21.7. The lowest BCUT2D eigenvalue weighted by Crippen LogP contribution is -2.53. The van der Waals surface area contributed by atoms with Crippen LogP contribution in [0.1, 0.15) is 43.4 Å². The molecule has 0 bridgehead atoms. The van der Waals surface area contributed by atoms with Gasteiger partial charge in [0, 0.05) is 13.1 Å². The van der Waals surface area contributed by atoms with E-state index in [0.717, 1.165) is 33.7 Å². The molecule has 2 amide bonds. The zero-order valence-electron chi connectivity index (χ0n) is 20.9. The average Bonchev–Trinajstić information content (AvgIpc) is 2.77. The first-order valence-electron chi connectivity index (χ1n) is 11.7. The molecule has 0 aliphatic carbocycles. The Kier molecular flexibility index (Phi) is 10.1. The number of hydrogen-bond acceptors (Lipinski definition) is 4. The fourth-order valence-electron chi connectivity index (χ4n) is 3.97. The van der Waals surface area contributed by atoms with Crippen molar-refractivity contribution in [1.29, 1.82) is 0 Å². The molecule has 1 N–H and O–H groups in total. The monoisotopic (exact) mass is 487 g/mol. The van der Waals surface area contributed by atoms with Crippen molar-refractivity contribution in [2.45, 2.75) is 53.0 Å². The lowest BCUT2D eigenvalue weighted by Gasteiger charge is -2.33. The number of sulfonamides is 1. The summed E-state index contributed by atoms with van der Waals surface area (Å²) in [7, 11) is -3.73. The van der Waals surface area contributed by atoms with Gasteiger partial charge in [-0.15, -0.1) is 0 Å². The van der Waals surface area contributed by atoms with Gasteiger partial charge in [0.05, 0.1) is 11.9 Å².